The lowest BCUT2D eigenvalue weighted by Gasteiger charge is -2.28. The fourth-order valence-electron chi connectivity index (χ4n) is 3.84. The number of aliphatic hydroxyl groups is 1. The first-order chi connectivity index (χ1) is 16.0. The van der Waals surface area contributed by atoms with Crippen LogP contribution in [0.1, 0.15) is 50.3 Å². The first-order valence-electron chi connectivity index (χ1n) is 11.6. The summed E-state index contributed by atoms with van der Waals surface area (Å²) in [6, 6.07) is 9.03. The number of hydrogen-bond donors (Lipinski definition) is 2. The molecule has 0 aliphatic heterocycles. The van der Waals surface area contributed by atoms with E-state index in [2.05, 4.69) is 15.3 Å². The van der Waals surface area contributed by atoms with Crippen molar-refractivity contribution in [2.45, 2.75) is 64.1 Å². The van der Waals surface area contributed by atoms with Gasteiger partial charge in [-0.3, -0.25) is 9.78 Å². The largest absolute Gasteiger partial charge is 0.493 e. The monoisotopic (exact) mass is 453 g/mol. The van der Waals surface area contributed by atoms with Crippen LogP contribution in [0.15, 0.2) is 52.3 Å². The van der Waals surface area contributed by atoms with Crippen LogP contribution in [0.4, 0.5) is 0 Å². The molecule has 9 nitrogen and oxygen atoms in total. The number of unbranched alkanes of at least 4 members (excludes halogenated alkanes) is 1. The highest BCUT2D eigenvalue weighted by Crippen LogP contribution is 2.32. The molecular formula is C24H31N5O4. The number of H-pyrrole nitrogens is 1. The number of aromatic nitrogens is 5. The highest BCUT2D eigenvalue weighted by molar-refractivity contribution is 5.32. The molecule has 1 atom stereocenters. The maximum atomic E-state index is 11.8. The zero-order chi connectivity index (χ0) is 23.3. The molecule has 0 unspecified atom stereocenters. The molecule has 0 amide bonds. The van der Waals surface area contributed by atoms with Crippen molar-refractivity contribution >= 4 is 0 Å². The maximum absolute atomic E-state index is 11.8. The normalized spacial score (nSPS) is 15.3. The van der Waals surface area contributed by atoms with E-state index in [9.17, 15) is 14.7 Å². The molecule has 0 radical (unpaired) electrons. The van der Waals surface area contributed by atoms with Crippen molar-refractivity contribution in [3.63, 3.8) is 0 Å². The van der Waals surface area contributed by atoms with Gasteiger partial charge in [-0.05, 0) is 62.1 Å². The minimum atomic E-state index is -1.09. The van der Waals surface area contributed by atoms with E-state index in [0.29, 0.717) is 25.4 Å². The van der Waals surface area contributed by atoms with Gasteiger partial charge in [-0.25, -0.2) is 9.48 Å². The van der Waals surface area contributed by atoms with Crippen molar-refractivity contribution in [2.75, 3.05) is 6.61 Å². The second-order valence-electron chi connectivity index (χ2n) is 8.81. The molecule has 1 aromatic carbocycles. The van der Waals surface area contributed by atoms with Crippen LogP contribution in [-0.4, -0.2) is 36.3 Å². The standard InChI is InChI=1S/C24H31N5O4/c1-2-24(32,19-6-5-8-21(14-19)33-16-18-9-10-18)17-29-20(15-25-27-29)7-3-4-12-28-13-11-22(30)26-23(28)31/h5-6,8,11,13-15,18,32H,2-4,7,9-10,12,16-17H2,1H3,(H,26,30,31)/t24-/m0/s1. The van der Waals surface area contributed by atoms with Crippen molar-refractivity contribution in [1.82, 2.24) is 24.5 Å². The minimum Gasteiger partial charge on any atom is -0.493 e. The summed E-state index contributed by atoms with van der Waals surface area (Å²) in [7, 11) is 0. The fraction of sp³-hybridized carbons (Fsp3) is 0.500. The van der Waals surface area contributed by atoms with Crippen LogP contribution in [0.3, 0.4) is 0 Å². The van der Waals surface area contributed by atoms with E-state index in [1.54, 1.807) is 10.9 Å². The summed E-state index contributed by atoms with van der Waals surface area (Å²) in [6.45, 7) is 3.50. The zero-order valence-corrected chi connectivity index (χ0v) is 18.9. The van der Waals surface area contributed by atoms with Gasteiger partial charge >= 0.3 is 5.69 Å². The predicted octanol–water partition coefficient (Wildman–Crippen LogP) is 2.24. The third-order valence-corrected chi connectivity index (χ3v) is 6.23. The second-order valence-corrected chi connectivity index (χ2v) is 8.81. The molecule has 0 spiro atoms. The van der Waals surface area contributed by atoms with E-state index in [-0.39, 0.29) is 0 Å². The number of ether oxygens (including phenoxy) is 1. The summed E-state index contributed by atoms with van der Waals surface area (Å²) in [4.78, 5) is 25.2. The highest BCUT2D eigenvalue weighted by atomic mass is 16.5. The van der Waals surface area contributed by atoms with Crippen LogP contribution in [0, 0.1) is 5.92 Å². The van der Waals surface area contributed by atoms with E-state index in [0.717, 1.165) is 42.9 Å². The number of aryl methyl sites for hydroxylation is 2. The van der Waals surface area contributed by atoms with Crippen molar-refractivity contribution in [3.05, 3.63) is 74.8 Å². The fourth-order valence-corrected chi connectivity index (χ4v) is 3.84. The Labute approximate surface area is 192 Å². The SMILES string of the molecule is CC[C@](O)(Cn1nncc1CCCCn1ccc(=O)[nH]c1=O)c1cccc(OCC2CC2)c1. The minimum absolute atomic E-state index is 0.296. The van der Waals surface area contributed by atoms with Gasteiger partial charge in [-0.2, -0.15) is 0 Å². The van der Waals surface area contributed by atoms with Gasteiger partial charge in [0, 0.05) is 18.8 Å². The Morgan fingerprint density at radius 3 is 2.85 bits per heavy atom. The van der Waals surface area contributed by atoms with Gasteiger partial charge in [0.15, 0.2) is 0 Å². The number of aromatic amines is 1. The van der Waals surface area contributed by atoms with E-state index in [1.807, 2.05) is 31.2 Å². The van der Waals surface area contributed by atoms with Gasteiger partial charge in [-0.15, -0.1) is 5.10 Å². The molecular weight excluding hydrogens is 422 g/mol. The average Bonchev–Trinajstić information content (AvgIpc) is 3.55. The summed E-state index contributed by atoms with van der Waals surface area (Å²) < 4.78 is 9.14. The Morgan fingerprint density at radius 1 is 1.24 bits per heavy atom. The van der Waals surface area contributed by atoms with Crippen LogP contribution in [0.2, 0.25) is 0 Å². The third-order valence-electron chi connectivity index (χ3n) is 6.23. The van der Waals surface area contributed by atoms with E-state index in [4.69, 9.17) is 4.74 Å². The zero-order valence-electron chi connectivity index (χ0n) is 18.9. The van der Waals surface area contributed by atoms with Gasteiger partial charge < -0.3 is 14.4 Å². The number of nitrogens with zero attached hydrogens (tertiary/aromatic N) is 4. The van der Waals surface area contributed by atoms with Crippen LogP contribution in [-0.2, 0) is 25.1 Å². The molecule has 33 heavy (non-hydrogen) atoms. The van der Waals surface area contributed by atoms with Crippen LogP contribution in [0.25, 0.3) is 0 Å². The number of benzene rings is 1. The summed E-state index contributed by atoms with van der Waals surface area (Å²) in [5.41, 5.74) is -0.154. The third kappa shape index (κ3) is 5.98. The lowest BCUT2D eigenvalue weighted by Crippen LogP contribution is -2.32. The molecule has 2 aromatic heterocycles. The molecule has 1 saturated carbocycles. The molecule has 1 aliphatic rings. The van der Waals surface area contributed by atoms with E-state index < -0.39 is 16.9 Å². The number of hydrogen-bond acceptors (Lipinski definition) is 6. The molecule has 1 aliphatic carbocycles. The molecule has 0 saturated heterocycles. The topological polar surface area (TPSA) is 115 Å². The highest BCUT2D eigenvalue weighted by Gasteiger charge is 2.30. The molecule has 0 bridgehead atoms. The summed E-state index contributed by atoms with van der Waals surface area (Å²) in [5, 5.41) is 19.7. The Kier molecular flexibility index (Phi) is 7.08. The van der Waals surface area contributed by atoms with Crippen LogP contribution in [0.5, 0.6) is 5.75 Å². The van der Waals surface area contributed by atoms with Crippen LogP contribution >= 0.6 is 0 Å². The Morgan fingerprint density at radius 2 is 2.09 bits per heavy atom. The number of nitrogens with one attached hydrogen (secondary N) is 1. The van der Waals surface area contributed by atoms with Gasteiger partial charge in [0.1, 0.15) is 11.4 Å². The predicted molar refractivity (Wildman–Crippen MR) is 123 cm³/mol. The lowest BCUT2D eigenvalue weighted by atomic mass is 9.90. The average molecular weight is 454 g/mol. The molecule has 9 heteroatoms. The van der Waals surface area contributed by atoms with E-state index in [1.165, 1.54) is 29.7 Å². The molecule has 4 rings (SSSR count). The van der Waals surface area contributed by atoms with Crippen molar-refractivity contribution in [2.24, 2.45) is 5.92 Å². The Balaban J connectivity index is 1.37. The molecule has 2 N–H and O–H groups in total. The van der Waals surface area contributed by atoms with Gasteiger partial charge in [0.2, 0.25) is 0 Å². The van der Waals surface area contributed by atoms with Crippen LogP contribution < -0.4 is 16.0 Å². The Hall–Kier alpha value is -3.20. The summed E-state index contributed by atoms with van der Waals surface area (Å²) in [5.74, 6) is 1.45. The van der Waals surface area contributed by atoms with Gasteiger partial charge in [0.05, 0.1) is 25.0 Å². The molecule has 2 heterocycles. The van der Waals surface area contributed by atoms with Crippen molar-refractivity contribution < 1.29 is 9.84 Å². The summed E-state index contributed by atoms with van der Waals surface area (Å²) in [6.07, 6.45) is 8.51. The molecule has 3 aromatic rings. The summed E-state index contributed by atoms with van der Waals surface area (Å²) >= 11 is 0. The maximum Gasteiger partial charge on any atom is 0.328 e. The molecule has 176 valence electrons. The first-order valence-corrected chi connectivity index (χ1v) is 11.6. The second kappa shape index (κ2) is 10.2. The van der Waals surface area contributed by atoms with E-state index >= 15 is 0 Å². The van der Waals surface area contributed by atoms with Gasteiger partial charge in [0.25, 0.3) is 5.56 Å². The smallest absolute Gasteiger partial charge is 0.328 e. The Bertz CT molecular complexity index is 1180. The quantitative estimate of drug-likeness (QED) is 0.407. The van der Waals surface area contributed by atoms with Crippen molar-refractivity contribution in [1.29, 1.82) is 0 Å². The molecule has 1 fully saturated rings. The van der Waals surface area contributed by atoms with Gasteiger partial charge in [-0.1, -0.05) is 24.3 Å². The lowest BCUT2D eigenvalue weighted by molar-refractivity contribution is 0.00949. The van der Waals surface area contributed by atoms with Crippen molar-refractivity contribution in [3.8, 4) is 5.75 Å². The number of rotatable bonds is 12. The first kappa shape index (κ1) is 23.0.